The van der Waals surface area contributed by atoms with E-state index in [-0.39, 0.29) is 0 Å². The smallest absolute Gasteiger partial charge is 0.120 e. The first-order chi connectivity index (χ1) is 8.69. The number of anilines is 1. The summed E-state index contributed by atoms with van der Waals surface area (Å²) in [6.07, 6.45) is 2.51. The van der Waals surface area contributed by atoms with Crippen LogP contribution in [0.25, 0.3) is 0 Å². The van der Waals surface area contributed by atoms with Crippen molar-refractivity contribution in [3.63, 3.8) is 0 Å². The van der Waals surface area contributed by atoms with Crippen LogP contribution in [0.2, 0.25) is 0 Å². The van der Waals surface area contributed by atoms with Crippen molar-refractivity contribution in [3.8, 4) is 5.75 Å². The van der Waals surface area contributed by atoms with E-state index in [2.05, 4.69) is 42.4 Å². The summed E-state index contributed by atoms with van der Waals surface area (Å²) in [4.78, 5) is 2.35. The summed E-state index contributed by atoms with van der Waals surface area (Å²) >= 11 is 0. The second kappa shape index (κ2) is 5.61. The number of methoxy groups -OCH3 is 1. The van der Waals surface area contributed by atoms with Crippen LogP contribution in [0.1, 0.15) is 19.8 Å². The predicted molar refractivity (Wildman–Crippen MR) is 76.5 cm³/mol. The highest BCUT2D eigenvalue weighted by Crippen LogP contribution is 2.32. The number of nitrogens with zero attached hydrogens (tertiary/aromatic N) is 1. The number of rotatable bonds is 5. The van der Waals surface area contributed by atoms with Crippen molar-refractivity contribution in [2.45, 2.75) is 19.8 Å². The van der Waals surface area contributed by atoms with Gasteiger partial charge in [0.05, 0.1) is 7.11 Å². The Bertz CT molecular complexity index is 386. The van der Waals surface area contributed by atoms with Gasteiger partial charge in [0.2, 0.25) is 0 Å². The van der Waals surface area contributed by atoms with Crippen LogP contribution in [-0.2, 0) is 0 Å². The van der Waals surface area contributed by atoms with Crippen molar-refractivity contribution in [2.75, 3.05) is 38.7 Å². The number of ether oxygens (including phenoxy) is 1. The molecule has 100 valence electrons. The second-order valence-electron chi connectivity index (χ2n) is 5.34. The van der Waals surface area contributed by atoms with Crippen molar-refractivity contribution in [3.05, 3.63) is 24.3 Å². The molecule has 0 saturated carbocycles. The first-order valence-corrected chi connectivity index (χ1v) is 6.75. The molecule has 1 fully saturated rings. The molecule has 0 bridgehead atoms. The molecule has 0 radical (unpaired) electrons. The second-order valence-corrected chi connectivity index (χ2v) is 5.34. The van der Waals surface area contributed by atoms with Crippen molar-refractivity contribution >= 4 is 5.69 Å². The van der Waals surface area contributed by atoms with E-state index in [1.807, 2.05) is 6.07 Å². The molecule has 1 heterocycles. The average molecular weight is 248 g/mol. The fraction of sp³-hybridized carbons (Fsp3) is 0.600. The van der Waals surface area contributed by atoms with Gasteiger partial charge in [-0.3, -0.25) is 0 Å². The lowest BCUT2D eigenvalue weighted by Crippen LogP contribution is -2.37. The SMILES string of the molecule is CCC1(CN(C)c2cccc(OC)c2)CCNC1. The largest absolute Gasteiger partial charge is 0.497 e. The summed E-state index contributed by atoms with van der Waals surface area (Å²) in [5.74, 6) is 0.925. The Morgan fingerprint density at radius 2 is 2.28 bits per heavy atom. The van der Waals surface area contributed by atoms with Gasteiger partial charge in [-0.15, -0.1) is 0 Å². The van der Waals surface area contributed by atoms with Crippen molar-refractivity contribution in [1.29, 1.82) is 0 Å². The van der Waals surface area contributed by atoms with Crippen LogP contribution in [0, 0.1) is 5.41 Å². The van der Waals surface area contributed by atoms with E-state index < -0.39 is 0 Å². The van der Waals surface area contributed by atoms with E-state index >= 15 is 0 Å². The minimum atomic E-state index is 0.428. The molecule has 1 aliphatic rings. The van der Waals surface area contributed by atoms with Gasteiger partial charge in [0.15, 0.2) is 0 Å². The summed E-state index contributed by atoms with van der Waals surface area (Å²) in [7, 11) is 3.89. The number of hydrogen-bond acceptors (Lipinski definition) is 3. The highest BCUT2D eigenvalue weighted by atomic mass is 16.5. The van der Waals surface area contributed by atoms with E-state index in [0.29, 0.717) is 5.41 Å². The molecular weight excluding hydrogens is 224 g/mol. The third-order valence-electron chi connectivity index (χ3n) is 4.15. The van der Waals surface area contributed by atoms with Gasteiger partial charge in [0.25, 0.3) is 0 Å². The van der Waals surface area contributed by atoms with Gasteiger partial charge < -0.3 is 15.0 Å². The molecule has 1 atom stereocenters. The maximum atomic E-state index is 5.29. The molecule has 1 unspecified atom stereocenters. The zero-order valence-electron chi connectivity index (χ0n) is 11.7. The summed E-state index contributed by atoms with van der Waals surface area (Å²) in [5.41, 5.74) is 1.66. The third-order valence-corrected chi connectivity index (χ3v) is 4.15. The molecule has 0 aromatic heterocycles. The Kier molecular flexibility index (Phi) is 4.12. The first-order valence-electron chi connectivity index (χ1n) is 6.75. The molecule has 3 heteroatoms. The topological polar surface area (TPSA) is 24.5 Å². The van der Waals surface area contributed by atoms with Crippen LogP contribution >= 0.6 is 0 Å². The number of hydrogen-bond donors (Lipinski definition) is 1. The molecule has 0 amide bonds. The van der Waals surface area contributed by atoms with Crippen LogP contribution in [0.3, 0.4) is 0 Å². The molecule has 0 aliphatic carbocycles. The van der Waals surface area contributed by atoms with Gasteiger partial charge in [0, 0.05) is 37.3 Å². The molecule has 2 rings (SSSR count). The predicted octanol–water partition coefficient (Wildman–Crippen LogP) is 2.52. The fourth-order valence-electron chi connectivity index (χ4n) is 2.79. The lowest BCUT2D eigenvalue weighted by Gasteiger charge is -2.33. The number of nitrogens with one attached hydrogen (secondary N) is 1. The Labute approximate surface area is 110 Å². The van der Waals surface area contributed by atoms with Crippen LogP contribution in [-0.4, -0.2) is 33.8 Å². The van der Waals surface area contributed by atoms with Crippen LogP contribution in [0.15, 0.2) is 24.3 Å². The van der Waals surface area contributed by atoms with Gasteiger partial charge in [0.1, 0.15) is 5.75 Å². The zero-order chi connectivity index (χ0) is 13.0. The van der Waals surface area contributed by atoms with Crippen LogP contribution in [0.5, 0.6) is 5.75 Å². The molecule has 0 spiro atoms. The van der Waals surface area contributed by atoms with Crippen LogP contribution < -0.4 is 15.0 Å². The summed E-state index contributed by atoms with van der Waals surface area (Å²) in [6, 6.07) is 8.29. The van der Waals surface area contributed by atoms with Gasteiger partial charge in [-0.05, 0) is 31.5 Å². The standard InChI is InChI=1S/C15H24N2O/c1-4-15(8-9-16-11-15)12-17(2)13-6-5-7-14(10-13)18-3/h5-7,10,16H,4,8-9,11-12H2,1-3H3. The Balaban J connectivity index is 2.08. The zero-order valence-corrected chi connectivity index (χ0v) is 11.7. The molecule has 18 heavy (non-hydrogen) atoms. The van der Waals surface area contributed by atoms with E-state index in [4.69, 9.17) is 4.74 Å². The molecular formula is C15H24N2O. The van der Waals surface area contributed by atoms with E-state index in [0.717, 1.165) is 25.4 Å². The van der Waals surface area contributed by atoms with Gasteiger partial charge in [-0.1, -0.05) is 13.0 Å². The fourth-order valence-corrected chi connectivity index (χ4v) is 2.79. The highest BCUT2D eigenvalue weighted by molar-refractivity contribution is 5.50. The Morgan fingerprint density at radius 1 is 1.44 bits per heavy atom. The average Bonchev–Trinajstić information content (AvgIpc) is 2.88. The lowest BCUT2D eigenvalue weighted by atomic mass is 9.83. The third kappa shape index (κ3) is 2.78. The Morgan fingerprint density at radius 3 is 2.89 bits per heavy atom. The molecule has 3 nitrogen and oxygen atoms in total. The molecule has 1 saturated heterocycles. The minimum absolute atomic E-state index is 0.428. The monoisotopic (exact) mass is 248 g/mol. The maximum Gasteiger partial charge on any atom is 0.120 e. The lowest BCUT2D eigenvalue weighted by molar-refractivity contribution is 0.317. The summed E-state index contributed by atoms with van der Waals surface area (Å²) in [5, 5.41) is 3.49. The van der Waals surface area contributed by atoms with E-state index in [9.17, 15) is 0 Å². The summed E-state index contributed by atoms with van der Waals surface area (Å²) in [6.45, 7) is 5.69. The van der Waals surface area contributed by atoms with E-state index in [1.54, 1.807) is 7.11 Å². The normalized spacial score (nSPS) is 23.1. The minimum Gasteiger partial charge on any atom is -0.497 e. The van der Waals surface area contributed by atoms with Crippen LogP contribution in [0.4, 0.5) is 5.69 Å². The first kappa shape index (κ1) is 13.2. The molecule has 1 aromatic carbocycles. The van der Waals surface area contributed by atoms with Gasteiger partial charge >= 0.3 is 0 Å². The number of benzene rings is 1. The quantitative estimate of drug-likeness (QED) is 0.866. The molecule has 1 aliphatic heterocycles. The maximum absolute atomic E-state index is 5.29. The molecule has 1 aromatic rings. The van der Waals surface area contributed by atoms with Crippen molar-refractivity contribution in [2.24, 2.45) is 5.41 Å². The van der Waals surface area contributed by atoms with Crippen molar-refractivity contribution < 1.29 is 4.74 Å². The van der Waals surface area contributed by atoms with Gasteiger partial charge in [-0.25, -0.2) is 0 Å². The Hall–Kier alpha value is -1.22. The van der Waals surface area contributed by atoms with Crippen molar-refractivity contribution in [1.82, 2.24) is 5.32 Å². The van der Waals surface area contributed by atoms with E-state index in [1.165, 1.54) is 18.5 Å². The molecule has 1 N–H and O–H groups in total. The van der Waals surface area contributed by atoms with Gasteiger partial charge in [-0.2, -0.15) is 0 Å². The summed E-state index contributed by atoms with van der Waals surface area (Å²) < 4.78 is 5.29. The highest BCUT2D eigenvalue weighted by Gasteiger charge is 2.33.